The number of aromatic nitrogens is 4. The van der Waals surface area contributed by atoms with Gasteiger partial charge in [-0.05, 0) is 29.5 Å². The Balaban J connectivity index is 1.70. The van der Waals surface area contributed by atoms with E-state index in [-0.39, 0.29) is 24.1 Å². The van der Waals surface area contributed by atoms with E-state index in [2.05, 4.69) is 22.0 Å². The monoisotopic (exact) mass is 391 g/mol. The lowest BCUT2D eigenvalue weighted by atomic mass is 10.2. The van der Waals surface area contributed by atoms with Crippen LogP contribution in [0, 0.1) is 5.82 Å². The predicted octanol–water partition coefficient (Wildman–Crippen LogP) is 3.41. The van der Waals surface area contributed by atoms with E-state index in [1.807, 2.05) is 6.07 Å². The summed E-state index contributed by atoms with van der Waals surface area (Å²) in [6.45, 7) is 4.43. The average molecular weight is 392 g/mol. The Bertz CT molecular complexity index is 925. The number of rotatable bonds is 7. The van der Waals surface area contributed by atoms with Crippen molar-refractivity contribution in [3.63, 3.8) is 0 Å². The number of thiophene rings is 1. The topological polar surface area (TPSA) is 63.9 Å². The minimum Gasteiger partial charge on any atom is -0.332 e. The summed E-state index contributed by atoms with van der Waals surface area (Å²) in [5.41, 5.74) is 0.500. The Morgan fingerprint density at radius 3 is 2.92 bits per heavy atom. The number of hydrogen-bond donors (Lipinski definition) is 0. The van der Waals surface area contributed by atoms with Crippen molar-refractivity contribution in [2.75, 3.05) is 6.54 Å². The molecular formula is C17H15ClFN5OS. The van der Waals surface area contributed by atoms with Gasteiger partial charge < -0.3 is 4.90 Å². The van der Waals surface area contributed by atoms with Crippen molar-refractivity contribution in [3.8, 4) is 11.4 Å². The van der Waals surface area contributed by atoms with Crippen molar-refractivity contribution in [1.29, 1.82) is 0 Å². The summed E-state index contributed by atoms with van der Waals surface area (Å²) < 4.78 is 14.0. The molecule has 0 N–H and O–H groups in total. The number of nitrogens with zero attached hydrogens (tertiary/aromatic N) is 5. The van der Waals surface area contributed by atoms with Crippen LogP contribution < -0.4 is 0 Å². The van der Waals surface area contributed by atoms with Crippen LogP contribution in [-0.2, 0) is 17.9 Å². The average Bonchev–Trinajstić information content (AvgIpc) is 3.23. The second kappa shape index (κ2) is 8.20. The minimum atomic E-state index is -0.387. The highest BCUT2D eigenvalue weighted by molar-refractivity contribution is 7.16. The van der Waals surface area contributed by atoms with Crippen LogP contribution in [0.5, 0.6) is 0 Å². The summed E-state index contributed by atoms with van der Waals surface area (Å²) in [6, 6.07) is 9.56. The van der Waals surface area contributed by atoms with Crippen molar-refractivity contribution in [3.05, 3.63) is 64.1 Å². The van der Waals surface area contributed by atoms with Crippen molar-refractivity contribution in [2.24, 2.45) is 0 Å². The van der Waals surface area contributed by atoms with Crippen molar-refractivity contribution < 1.29 is 9.18 Å². The van der Waals surface area contributed by atoms with Gasteiger partial charge in [-0.2, -0.15) is 4.80 Å². The van der Waals surface area contributed by atoms with Gasteiger partial charge in [-0.1, -0.05) is 29.8 Å². The largest absolute Gasteiger partial charge is 0.332 e. The third-order valence-electron chi connectivity index (χ3n) is 3.49. The van der Waals surface area contributed by atoms with Crippen LogP contribution in [0.25, 0.3) is 11.4 Å². The molecule has 3 rings (SSSR count). The molecule has 1 amide bonds. The van der Waals surface area contributed by atoms with Crippen LogP contribution >= 0.6 is 22.9 Å². The zero-order valence-corrected chi connectivity index (χ0v) is 15.3. The number of carbonyl (C=O) groups excluding carboxylic acids is 1. The van der Waals surface area contributed by atoms with Crippen LogP contribution in [0.1, 0.15) is 4.88 Å². The first kappa shape index (κ1) is 18.2. The predicted molar refractivity (Wildman–Crippen MR) is 98.2 cm³/mol. The molecule has 0 radical (unpaired) electrons. The molecular weight excluding hydrogens is 377 g/mol. The lowest BCUT2D eigenvalue weighted by Gasteiger charge is -2.19. The summed E-state index contributed by atoms with van der Waals surface area (Å²) in [7, 11) is 0. The van der Waals surface area contributed by atoms with Gasteiger partial charge >= 0.3 is 0 Å². The van der Waals surface area contributed by atoms with E-state index < -0.39 is 0 Å². The minimum absolute atomic E-state index is 0.0741. The molecule has 0 saturated heterocycles. The molecule has 2 heterocycles. The normalized spacial score (nSPS) is 10.7. The molecule has 0 aliphatic heterocycles. The number of hydrogen-bond acceptors (Lipinski definition) is 5. The molecule has 1 aromatic carbocycles. The first-order valence-electron chi connectivity index (χ1n) is 7.72. The maximum Gasteiger partial charge on any atom is 0.246 e. The highest BCUT2D eigenvalue weighted by Gasteiger charge is 2.16. The molecule has 0 unspecified atom stereocenters. The zero-order chi connectivity index (χ0) is 18.5. The van der Waals surface area contributed by atoms with Crippen LogP contribution in [-0.4, -0.2) is 37.6 Å². The third-order valence-corrected chi connectivity index (χ3v) is 4.71. The van der Waals surface area contributed by atoms with E-state index in [9.17, 15) is 9.18 Å². The van der Waals surface area contributed by atoms with Crippen LogP contribution in [0.3, 0.4) is 0 Å². The summed E-state index contributed by atoms with van der Waals surface area (Å²) >= 11 is 7.36. The molecule has 26 heavy (non-hydrogen) atoms. The van der Waals surface area contributed by atoms with Gasteiger partial charge in [0.15, 0.2) is 0 Å². The Hall–Kier alpha value is -2.58. The van der Waals surface area contributed by atoms with E-state index in [0.29, 0.717) is 23.0 Å². The van der Waals surface area contributed by atoms with Crippen molar-refractivity contribution in [2.45, 2.75) is 13.1 Å². The number of carbonyl (C=O) groups is 1. The maximum atomic E-state index is 13.3. The first-order chi connectivity index (χ1) is 12.5. The molecule has 2 aromatic heterocycles. The fourth-order valence-corrected chi connectivity index (χ4v) is 3.41. The van der Waals surface area contributed by atoms with Gasteiger partial charge in [0, 0.05) is 17.0 Å². The standard InChI is InChI=1S/C17H15ClFN5OS/c1-2-8-23(10-14-6-7-15(18)26-14)16(25)11-24-21-17(20-22-24)12-4-3-5-13(19)9-12/h2-7,9H,1,8,10-11H2. The molecule has 0 saturated carbocycles. The van der Waals surface area contributed by atoms with Gasteiger partial charge in [0.2, 0.25) is 11.7 Å². The number of tetrazole rings is 1. The van der Waals surface area contributed by atoms with Crippen LogP contribution in [0.2, 0.25) is 4.34 Å². The van der Waals surface area contributed by atoms with Crippen molar-refractivity contribution >= 4 is 28.8 Å². The van der Waals surface area contributed by atoms with E-state index in [1.165, 1.54) is 28.3 Å². The lowest BCUT2D eigenvalue weighted by Crippen LogP contribution is -2.34. The molecule has 0 atom stereocenters. The van der Waals surface area contributed by atoms with E-state index in [4.69, 9.17) is 11.6 Å². The number of benzene rings is 1. The molecule has 3 aromatic rings. The lowest BCUT2D eigenvalue weighted by molar-refractivity contribution is -0.132. The van der Waals surface area contributed by atoms with Gasteiger partial charge in [0.05, 0.1) is 10.9 Å². The summed E-state index contributed by atoms with van der Waals surface area (Å²) in [5, 5.41) is 11.9. The highest BCUT2D eigenvalue weighted by atomic mass is 35.5. The summed E-state index contributed by atoms with van der Waals surface area (Å²) in [6.07, 6.45) is 1.65. The van der Waals surface area contributed by atoms with E-state index in [0.717, 1.165) is 4.88 Å². The smallest absolute Gasteiger partial charge is 0.246 e. The van der Waals surface area contributed by atoms with E-state index in [1.54, 1.807) is 29.2 Å². The Labute approximate surface area is 158 Å². The fraction of sp³-hybridized carbons (Fsp3) is 0.176. The Morgan fingerprint density at radius 1 is 1.38 bits per heavy atom. The Kier molecular flexibility index (Phi) is 5.75. The molecule has 134 valence electrons. The quantitative estimate of drug-likeness (QED) is 0.579. The maximum absolute atomic E-state index is 13.3. The molecule has 0 bridgehead atoms. The molecule has 0 spiro atoms. The van der Waals surface area contributed by atoms with Gasteiger partial charge in [-0.25, -0.2) is 4.39 Å². The van der Waals surface area contributed by atoms with Gasteiger partial charge in [0.1, 0.15) is 12.4 Å². The molecule has 0 aliphatic carbocycles. The molecule has 9 heteroatoms. The first-order valence-corrected chi connectivity index (χ1v) is 8.91. The molecule has 0 fully saturated rings. The van der Waals surface area contributed by atoms with E-state index >= 15 is 0 Å². The van der Waals surface area contributed by atoms with Gasteiger partial charge in [-0.3, -0.25) is 4.79 Å². The SMILES string of the molecule is C=CCN(Cc1ccc(Cl)s1)C(=O)Cn1nnc(-c2cccc(F)c2)n1. The van der Waals surface area contributed by atoms with Crippen molar-refractivity contribution in [1.82, 2.24) is 25.1 Å². The Morgan fingerprint density at radius 2 is 2.23 bits per heavy atom. The molecule has 0 aliphatic rings. The second-order valence-corrected chi connectivity index (χ2v) is 7.22. The summed E-state index contributed by atoms with van der Waals surface area (Å²) in [5.74, 6) is -0.308. The van der Waals surface area contributed by atoms with Crippen LogP contribution in [0.4, 0.5) is 4.39 Å². The van der Waals surface area contributed by atoms with Gasteiger partial charge in [-0.15, -0.1) is 28.1 Å². The highest BCUT2D eigenvalue weighted by Crippen LogP contribution is 2.23. The molecule has 6 nitrogen and oxygen atoms in total. The number of amides is 1. The third kappa shape index (κ3) is 4.53. The fourth-order valence-electron chi connectivity index (χ4n) is 2.31. The second-order valence-electron chi connectivity index (χ2n) is 5.42. The number of halogens is 2. The zero-order valence-electron chi connectivity index (χ0n) is 13.7. The summed E-state index contributed by atoms with van der Waals surface area (Å²) in [4.78, 5) is 16.4. The van der Waals surface area contributed by atoms with Crippen LogP contribution in [0.15, 0.2) is 49.1 Å². The van der Waals surface area contributed by atoms with Gasteiger partial charge in [0.25, 0.3) is 0 Å².